The maximum atomic E-state index is 11.4. The van der Waals surface area contributed by atoms with E-state index < -0.39 is 10.9 Å². The Kier molecular flexibility index (Phi) is 5.03. The van der Waals surface area contributed by atoms with Crippen molar-refractivity contribution in [1.29, 1.82) is 5.26 Å². The van der Waals surface area contributed by atoms with Crippen LogP contribution in [-0.2, 0) is 9.53 Å². The second-order valence-corrected chi connectivity index (χ2v) is 3.77. The number of rotatable bonds is 4. The SMILES string of the molecule is CCOC(=O)C(C#N)=Cc1ccc(Cl)c([N+](=O)[O-])c1. The molecule has 1 aromatic rings. The van der Waals surface area contributed by atoms with Crippen LogP contribution in [0.2, 0.25) is 5.02 Å². The molecule has 0 saturated heterocycles. The predicted octanol–water partition coefficient (Wildman–Crippen LogP) is 2.72. The van der Waals surface area contributed by atoms with Crippen molar-refractivity contribution in [3.8, 4) is 6.07 Å². The first-order chi connectivity index (χ1) is 8.99. The molecule has 0 aliphatic carbocycles. The minimum Gasteiger partial charge on any atom is -0.462 e. The Labute approximate surface area is 114 Å². The van der Waals surface area contributed by atoms with Crippen LogP contribution in [0.3, 0.4) is 0 Å². The third-order valence-corrected chi connectivity index (χ3v) is 2.41. The number of ether oxygens (including phenoxy) is 1. The average molecular weight is 281 g/mol. The van der Waals surface area contributed by atoms with E-state index in [0.29, 0.717) is 5.56 Å². The fourth-order valence-corrected chi connectivity index (χ4v) is 1.46. The summed E-state index contributed by atoms with van der Waals surface area (Å²) in [4.78, 5) is 21.5. The van der Waals surface area contributed by atoms with Gasteiger partial charge in [-0.25, -0.2) is 4.79 Å². The highest BCUT2D eigenvalue weighted by molar-refractivity contribution is 6.32. The van der Waals surface area contributed by atoms with E-state index in [0.717, 1.165) is 0 Å². The highest BCUT2D eigenvalue weighted by Gasteiger charge is 2.14. The molecule has 0 radical (unpaired) electrons. The molecule has 0 aliphatic heterocycles. The second-order valence-electron chi connectivity index (χ2n) is 3.36. The number of hydrogen-bond donors (Lipinski definition) is 0. The van der Waals surface area contributed by atoms with Crippen LogP contribution >= 0.6 is 11.6 Å². The van der Waals surface area contributed by atoms with Crippen LogP contribution in [0.25, 0.3) is 6.08 Å². The Morgan fingerprint density at radius 2 is 2.32 bits per heavy atom. The Balaban J connectivity index is 3.17. The summed E-state index contributed by atoms with van der Waals surface area (Å²) in [6, 6.07) is 5.65. The molecule has 98 valence electrons. The summed E-state index contributed by atoms with van der Waals surface area (Å²) in [6.07, 6.45) is 1.21. The van der Waals surface area contributed by atoms with Gasteiger partial charge >= 0.3 is 5.97 Å². The zero-order valence-electron chi connectivity index (χ0n) is 9.92. The zero-order valence-corrected chi connectivity index (χ0v) is 10.7. The molecule has 0 aromatic heterocycles. The van der Waals surface area contributed by atoms with Gasteiger partial charge in [0.15, 0.2) is 0 Å². The summed E-state index contributed by atoms with van der Waals surface area (Å²) < 4.78 is 4.68. The Hall–Kier alpha value is -2.39. The number of nitrogens with zero attached hydrogens (tertiary/aromatic N) is 2. The number of benzene rings is 1. The van der Waals surface area contributed by atoms with Gasteiger partial charge in [0.1, 0.15) is 16.7 Å². The fraction of sp³-hybridized carbons (Fsp3) is 0.167. The summed E-state index contributed by atoms with van der Waals surface area (Å²) >= 11 is 5.65. The van der Waals surface area contributed by atoms with Crippen molar-refractivity contribution in [2.24, 2.45) is 0 Å². The van der Waals surface area contributed by atoms with Crippen molar-refractivity contribution in [1.82, 2.24) is 0 Å². The first kappa shape index (κ1) is 14.7. The number of nitro groups is 1. The van der Waals surface area contributed by atoms with E-state index in [1.165, 1.54) is 24.3 Å². The maximum Gasteiger partial charge on any atom is 0.348 e. The standard InChI is InChI=1S/C12H9ClN2O4/c1-2-19-12(16)9(7-14)5-8-3-4-10(13)11(6-8)15(17)18/h3-6H,2H2,1H3. The first-order valence-corrected chi connectivity index (χ1v) is 5.60. The summed E-state index contributed by atoms with van der Waals surface area (Å²) in [5, 5.41) is 19.5. The molecule has 0 atom stereocenters. The number of halogens is 1. The molecule has 0 unspecified atom stereocenters. The van der Waals surface area contributed by atoms with Gasteiger partial charge in [0.25, 0.3) is 5.69 Å². The summed E-state index contributed by atoms with van der Waals surface area (Å²) in [5.41, 5.74) is -0.212. The summed E-state index contributed by atoms with van der Waals surface area (Å²) in [5.74, 6) is -0.775. The number of carbonyl (C=O) groups is 1. The van der Waals surface area contributed by atoms with Gasteiger partial charge in [-0.05, 0) is 24.6 Å². The highest BCUT2D eigenvalue weighted by atomic mass is 35.5. The van der Waals surface area contributed by atoms with E-state index in [1.54, 1.807) is 13.0 Å². The molecule has 0 N–H and O–H groups in total. The molecular formula is C12H9ClN2O4. The minimum atomic E-state index is -0.775. The molecule has 0 heterocycles. The van der Waals surface area contributed by atoms with Gasteiger partial charge in [0.05, 0.1) is 11.5 Å². The molecule has 0 aliphatic rings. The van der Waals surface area contributed by atoms with Gasteiger partial charge in [-0.2, -0.15) is 5.26 Å². The van der Waals surface area contributed by atoms with Crippen molar-refractivity contribution in [2.45, 2.75) is 6.92 Å². The molecule has 0 bridgehead atoms. The summed E-state index contributed by atoms with van der Waals surface area (Å²) in [6.45, 7) is 1.75. The van der Waals surface area contributed by atoms with E-state index in [1.807, 2.05) is 0 Å². The van der Waals surface area contributed by atoms with Crippen LogP contribution < -0.4 is 0 Å². The van der Waals surface area contributed by atoms with Crippen LogP contribution in [-0.4, -0.2) is 17.5 Å². The number of carbonyl (C=O) groups excluding carboxylic acids is 1. The lowest BCUT2D eigenvalue weighted by atomic mass is 10.1. The van der Waals surface area contributed by atoms with Crippen molar-refractivity contribution in [2.75, 3.05) is 6.61 Å². The lowest BCUT2D eigenvalue weighted by molar-refractivity contribution is -0.384. The topological polar surface area (TPSA) is 93.2 Å². The van der Waals surface area contributed by atoms with Gasteiger partial charge in [-0.1, -0.05) is 17.7 Å². The molecule has 19 heavy (non-hydrogen) atoms. The predicted molar refractivity (Wildman–Crippen MR) is 68.3 cm³/mol. The molecule has 1 rings (SSSR count). The van der Waals surface area contributed by atoms with Gasteiger partial charge in [-0.15, -0.1) is 0 Å². The lowest BCUT2D eigenvalue weighted by Gasteiger charge is -2.00. The minimum absolute atomic E-state index is 0.0169. The Morgan fingerprint density at radius 3 is 2.84 bits per heavy atom. The molecular weight excluding hydrogens is 272 g/mol. The van der Waals surface area contributed by atoms with E-state index in [4.69, 9.17) is 16.9 Å². The lowest BCUT2D eigenvalue weighted by Crippen LogP contribution is -2.06. The molecule has 0 saturated carbocycles. The zero-order chi connectivity index (χ0) is 14.4. The molecule has 6 nitrogen and oxygen atoms in total. The van der Waals surface area contributed by atoms with Crippen molar-refractivity contribution < 1.29 is 14.5 Å². The van der Waals surface area contributed by atoms with Crippen LogP contribution in [0.4, 0.5) is 5.69 Å². The number of esters is 1. The van der Waals surface area contributed by atoms with E-state index in [-0.39, 0.29) is 22.9 Å². The van der Waals surface area contributed by atoms with Crippen LogP contribution in [0.5, 0.6) is 0 Å². The third-order valence-electron chi connectivity index (χ3n) is 2.09. The summed E-state index contributed by atoms with van der Waals surface area (Å²) in [7, 11) is 0. The maximum absolute atomic E-state index is 11.4. The van der Waals surface area contributed by atoms with Crippen molar-refractivity contribution in [3.05, 3.63) is 44.5 Å². The monoisotopic (exact) mass is 280 g/mol. The first-order valence-electron chi connectivity index (χ1n) is 5.22. The van der Waals surface area contributed by atoms with Gasteiger partial charge in [0.2, 0.25) is 0 Å². The molecule has 0 spiro atoms. The average Bonchev–Trinajstić information content (AvgIpc) is 2.37. The fourth-order valence-electron chi connectivity index (χ4n) is 1.27. The number of hydrogen-bond acceptors (Lipinski definition) is 5. The third kappa shape index (κ3) is 3.79. The number of nitriles is 1. The van der Waals surface area contributed by atoms with Crippen molar-refractivity contribution >= 4 is 29.3 Å². The number of nitro benzene ring substituents is 1. The second kappa shape index (κ2) is 6.52. The van der Waals surface area contributed by atoms with Gasteiger partial charge in [0, 0.05) is 6.07 Å². The largest absolute Gasteiger partial charge is 0.462 e. The Morgan fingerprint density at radius 1 is 1.63 bits per heavy atom. The highest BCUT2D eigenvalue weighted by Crippen LogP contribution is 2.26. The van der Waals surface area contributed by atoms with E-state index in [9.17, 15) is 14.9 Å². The van der Waals surface area contributed by atoms with E-state index in [2.05, 4.69) is 4.74 Å². The molecule has 0 fully saturated rings. The smallest absolute Gasteiger partial charge is 0.348 e. The van der Waals surface area contributed by atoms with Gasteiger partial charge in [-0.3, -0.25) is 10.1 Å². The quantitative estimate of drug-likeness (QED) is 0.278. The molecule has 1 aromatic carbocycles. The molecule has 0 amide bonds. The van der Waals surface area contributed by atoms with Crippen LogP contribution in [0, 0.1) is 21.4 Å². The van der Waals surface area contributed by atoms with Crippen molar-refractivity contribution in [3.63, 3.8) is 0 Å². The molecule has 7 heteroatoms. The normalized spacial score (nSPS) is 10.7. The van der Waals surface area contributed by atoms with Gasteiger partial charge < -0.3 is 4.74 Å². The Bertz CT molecular complexity index is 590. The van der Waals surface area contributed by atoms with Crippen LogP contribution in [0.15, 0.2) is 23.8 Å². The van der Waals surface area contributed by atoms with Crippen LogP contribution in [0.1, 0.15) is 12.5 Å². The van der Waals surface area contributed by atoms with E-state index >= 15 is 0 Å².